The average molecular weight is 927 g/mol. The molecular weight excluding hydrogens is 849 g/mol. The van der Waals surface area contributed by atoms with Gasteiger partial charge in [-0.15, -0.1) is 0 Å². The van der Waals surface area contributed by atoms with E-state index in [4.69, 9.17) is 33.2 Å². The molecule has 4 aliphatic heterocycles. The molecule has 9 rings (SSSR count). The Kier molecular flexibility index (Phi) is 12.5. The van der Waals surface area contributed by atoms with Gasteiger partial charge in [-0.2, -0.15) is 0 Å². The van der Waals surface area contributed by atoms with Crippen LogP contribution in [0.1, 0.15) is 101 Å². The van der Waals surface area contributed by atoms with E-state index in [9.17, 15) is 51.1 Å². The predicted octanol–water partition coefficient (Wildman–Crippen LogP) is 0.483. The lowest BCUT2D eigenvalue weighted by atomic mass is 9.31. The Balaban J connectivity index is 0.980. The topological polar surface area (TPSA) is 267 Å². The van der Waals surface area contributed by atoms with Crippen molar-refractivity contribution < 1.29 is 84.2 Å². The molecule has 0 amide bonds. The third kappa shape index (κ3) is 6.79. The van der Waals surface area contributed by atoms with Gasteiger partial charge in [-0.25, -0.2) is 0 Å². The van der Waals surface area contributed by atoms with Crippen molar-refractivity contribution in [1.29, 1.82) is 0 Å². The maximum absolute atomic E-state index is 12.3. The number of aliphatic hydroxyl groups is 10. The van der Waals surface area contributed by atoms with Gasteiger partial charge in [-0.05, 0) is 92.3 Å². The lowest BCUT2D eigenvalue weighted by Gasteiger charge is -2.73. The molecule has 372 valence electrons. The maximum atomic E-state index is 12.3. The molecule has 17 heteroatoms. The van der Waals surface area contributed by atoms with Crippen molar-refractivity contribution in [3.05, 3.63) is 12.2 Å². The number of fused-ring (bicyclic) bond motifs is 4. The smallest absolute Gasteiger partial charge is 0.187 e. The van der Waals surface area contributed by atoms with Gasteiger partial charge in [-0.3, -0.25) is 0 Å². The Morgan fingerprint density at radius 1 is 0.631 bits per heavy atom. The van der Waals surface area contributed by atoms with Crippen LogP contribution in [0.15, 0.2) is 12.2 Å². The van der Waals surface area contributed by atoms with Crippen LogP contribution in [-0.2, 0) is 33.2 Å². The van der Waals surface area contributed by atoms with Crippen LogP contribution >= 0.6 is 0 Å². The van der Waals surface area contributed by atoms with Crippen molar-refractivity contribution in [3.63, 3.8) is 0 Å². The molecule has 17 nitrogen and oxygen atoms in total. The summed E-state index contributed by atoms with van der Waals surface area (Å²) in [6, 6.07) is 0. The van der Waals surface area contributed by atoms with Crippen LogP contribution in [0.5, 0.6) is 0 Å². The second-order valence-electron chi connectivity index (χ2n) is 23.5. The van der Waals surface area contributed by atoms with Crippen molar-refractivity contribution in [3.8, 4) is 0 Å². The normalized spacial score (nSPS) is 60.6. The molecule has 0 radical (unpaired) electrons. The number of hydrogen-bond acceptors (Lipinski definition) is 17. The molecule has 2 bridgehead atoms. The largest absolute Gasteiger partial charge is 0.394 e. The Morgan fingerprint density at radius 2 is 1.23 bits per heavy atom. The van der Waals surface area contributed by atoms with E-state index in [0.717, 1.165) is 19.3 Å². The van der Waals surface area contributed by atoms with E-state index < -0.39 is 133 Å². The Morgan fingerprint density at radius 3 is 1.89 bits per heavy atom. The van der Waals surface area contributed by atoms with E-state index in [-0.39, 0.29) is 45.8 Å². The summed E-state index contributed by atoms with van der Waals surface area (Å²) in [5, 5.41) is 110. The maximum Gasteiger partial charge on any atom is 0.187 e. The molecule has 10 N–H and O–H groups in total. The highest BCUT2D eigenvalue weighted by Gasteiger charge is 2.80. The fourth-order valence-corrected chi connectivity index (χ4v) is 16.1. The van der Waals surface area contributed by atoms with Gasteiger partial charge >= 0.3 is 0 Å². The SMILES string of the molecule is C[C@H]1[C@H](C)[C@H]2C34C=C[C@@H]5[C@@]6(C)CC[C@H](O[C@@H]7O[C@H](C)[C@H](O)[C@H](O)[C@H]7O[C@@H]7O[C@H](CO)[C@@H](O)[C@H](O)[C@H]7O[C@@H]7O[C@@H](C)[C@@H](O)[C@H](O)[C@H]7O)C(C)(C)[C@@H]6CC[C@@]5(C)[C@]3(C)C[C@@H](O)[C@@]2(CO4)C[C@@H]1O. The second kappa shape index (κ2) is 16.6. The zero-order valence-electron chi connectivity index (χ0n) is 39.4. The summed E-state index contributed by atoms with van der Waals surface area (Å²) in [6.07, 6.45) is -14.7. The van der Waals surface area contributed by atoms with Crippen LogP contribution in [0.3, 0.4) is 0 Å². The molecule has 0 aromatic carbocycles. The van der Waals surface area contributed by atoms with Crippen molar-refractivity contribution in [2.75, 3.05) is 13.2 Å². The predicted molar refractivity (Wildman–Crippen MR) is 228 cm³/mol. The van der Waals surface area contributed by atoms with Crippen LogP contribution in [0, 0.1) is 56.7 Å². The first kappa shape index (κ1) is 49.1. The zero-order valence-corrected chi connectivity index (χ0v) is 39.4. The van der Waals surface area contributed by atoms with E-state index in [1.807, 2.05) is 0 Å². The first-order valence-electron chi connectivity index (χ1n) is 24.3. The van der Waals surface area contributed by atoms with Crippen molar-refractivity contribution in [2.45, 2.75) is 217 Å². The molecule has 5 aliphatic carbocycles. The van der Waals surface area contributed by atoms with Gasteiger partial charge in [0.15, 0.2) is 18.9 Å². The van der Waals surface area contributed by atoms with Crippen LogP contribution in [-0.4, -0.2) is 180 Å². The molecule has 4 saturated carbocycles. The zero-order chi connectivity index (χ0) is 47.3. The van der Waals surface area contributed by atoms with E-state index in [2.05, 4.69) is 60.6 Å². The van der Waals surface area contributed by atoms with Crippen LogP contribution in [0.2, 0.25) is 0 Å². The Labute approximate surface area is 382 Å². The molecule has 1 unspecified atom stereocenters. The van der Waals surface area contributed by atoms with Gasteiger partial charge in [0, 0.05) is 16.7 Å². The molecular formula is C48H78O17. The van der Waals surface area contributed by atoms with Gasteiger partial charge in [0.05, 0.1) is 49.3 Å². The fraction of sp³-hybridized carbons (Fsp3) is 0.958. The van der Waals surface area contributed by atoms with Gasteiger partial charge in [0.25, 0.3) is 0 Å². The Hall–Kier alpha value is -0.940. The minimum Gasteiger partial charge on any atom is -0.394 e. The van der Waals surface area contributed by atoms with Gasteiger partial charge < -0.3 is 84.2 Å². The minimum absolute atomic E-state index is 0.0747. The average Bonchev–Trinajstić information content (AvgIpc) is 3.55. The molecule has 4 saturated heterocycles. The lowest BCUT2D eigenvalue weighted by Crippen LogP contribution is -2.73. The number of allylic oxidation sites excluding steroid dienone is 1. The summed E-state index contributed by atoms with van der Waals surface area (Å²) < 4.78 is 44.2. The highest BCUT2D eigenvalue weighted by Crippen LogP contribution is 2.79. The molecule has 9 aliphatic rings. The molecule has 1 spiro atoms. The van der Waals surface area contributed by atoms with Crippen molar-refractivity contribution in [1.82, 2.24) is 0 Å². The summed E-state index contributed by atoms with van der Waals surface area (Å²) in [4.78, 5) is 0. The summed E-state index contributed by atoms with van der Waals surface area (Å²) >= 11 is 0. The standard InChI is InChI=1S/C48H78O17/c1-20-21(2)39-47(16-24(20)50)19-59-48(39)15-11-27-44(7)13-12-29(43(5,6)26(44)10-14-45(27,8)46(48,9)17-28(47)51)63-41-37(34(56)31(53)23(4)61-41)65-42-38(35(57)32(54)25(18-49)62-42)64-40-36(58)33(55)30(52)22(3)60-40/h11,15,20-42,49-58H,10,12-14,16-19H2,1-9H3/t20-,21-,22-,23+,24-,25+,26-,27+,28+,29-,30+,31-,32+,33-,34-,35-,36+,37+,38+,39+,40-,41-,42-,44-,45+,46-,47-,48?/m0/s1. The molecule has 0 aromatic rings. The van der Waals surface area contributed by atoms with E-state index >= 15 is 0 Å². The van der Waals surface area contributed by atoms with Crippen molar-refractivity contribution >= 4 is 0 Å². The van der Waals surface area contributed by atoms with Gasteiger partial charge in [0.2, 0.25) is 0 Å². The Bertz CT molecular complexity index is 1790. The van der Waals surface area contributed by atoms with Gasteiger partial charge in [0.1, 0.15) is 61.0 Å². The number of ether oxygens (including phenoxy) is 7. The first-order valence-corrected chi connectivity index (χ1v) is 24.3. The highest BCUT2D eigenvalue weighted by molar-refractivity contribution is 5.36. The molecule has 0 aromatic heterocycles. The second-order valence-corrected chi connectivity index (χ2v) is 23.5. The monoisotopic (exact) mass is 927 g/mol. The van der Waals surface area contributed by atoms with E-state index in [0.29, 0.717) is 25.9 Å². The summed E-state index contributed by atoms with van der Waals surface area (Å²) in [6.45, 7) is 18.8. The van der Waals surface area contributed by atoms with Crippen molar-refractivity contribution in [2.24, 2.45) is 56.7 Å². The first-order chi connectivity index (χ1) is 30.3. The third-order valence-corrected chi connectivity index (χ3v) is 20.3. The number of hydrogen-bond donors (Lipinski definition) is 10. The molecule has 65 heavy (non-hydrogen) atoms. The fourth-order valence-electron chi connectivity index (χ4n) is 16.1. The van der Waals surface area contributed by atoms with Crippen LogP contribution in [0.4, 0.5) is 0 Å². The molecule has 28 atom stereocenters. The molecule has 4 heterocycles. The minimum atomic E-state index is -1.80. The van der Waals surface area contributed by atoms with Crippen LogP contribution < -0.4 is 0 Å². The van der Waals surface area contributed by atoms with Gasteiger partial charge in [-0.1, -0.05) is 60.6 Å². The number of aliphatic hydroxyl groups excluding tert-OH is 10. The van der Waals surface area contributed by atoms with Crippen LogP contribution in [0.25, 0.3) is 0 Å². The van der Waals surface area contributed by atoms with E-state index in [1.54, 1.807) is 6.92 Å². The number of rotatable bonds is 7. The summed E-state index contributed by atoms with van der Waals surface area (Å²) in [7, 11) is 0. The quantitative estimate of drug-likeness (QED) is 0.123. The summed E-state index contributed by atoms with van der Waals surface area (Å²) in [5.74, 6) is 0.613. The highest BCUT2D eigenvalue weighted by atomic mass is 16.8. The third-order valence-electron chi connectivity index (χ3n) is 20.3. The molecule has 8 fully saturated rings. The lowest BCUT2D eigenvalue weighted by molar-refractivity contribution is -0.396. The summed E-state index contributed by atoms with van der Waals surface area (Å²) in [5.41, 5.74) is -2.32. The van der Waals surface area contributed by atoms with E-state index in [1.165, 1.54) is 6.92 Å².